The van der Waals surface area contributed by atoms with Gasteiger partial charge in [0.05, 0.1) is 10.6 Å². The fraction of sp³-hybridized carbons (Fsp3) is 0.579. The number of nitrogens with zero attached hydrogens (tertiary/aromatic N) is 3. The van der Waals surface area contributed by atoms with Crippen molar-refractivity contribution in [3.8, 4) is 0 Å². The summed E-state index contributed by atoms with van der Waals surface area (Å²) in [5.74, 6) is -0.699. The highest BCUT2D eigenvalue weighted by Crippen LogP contribution is 2.32. The van der Waals surface area contributed by atoms with Crippen molar-refractivity contribution in [2.45, 2.75) is 25.3 Å². The number of halogens is 2. The predicted molar refractivity (Wildman–Crippen MR) is 103 cm³/mol. The molecule has 0 aliphatic carbocycles. The second-order valence-corrected chi connectivity index (χ2v) is 7.62. The van der Waals surface area contributed by atoms with E-state index in [-0.39, 0.29) is 28.1 Å². The lowest BCUT2D eigenvalue weighted by atomic mass is 9.92. The Bertz CT molecular complexity index is 724. The normalized spacial score (nSPS) is 23.6. The Morgan fingerprint density at radius 3 is 2.52 bits per heavy atom. The van der Waals surface area contributed by atoms with Crippen LogP contribution in [0.4, 0.5) is 9.18 Å². The molecule has 0 bridgehead atoms. The van der Waals surface area contributed by atoms with Gasteiger partial charge in [-0.2, -0.15) is 0 Å². The van der Waals surface area contributed by atoms with Gasteiger partial charge in [0.2, 0.25) is 0 Å². The van der Waals surface area contributed by atoms with E-state index in [1.807, 2.05) is 4.90 Å². The maximum atomic E-state index is 13.5. The number of piperazine rings is 1. The summed E-state index contributed by atoms with van der Waals surface area (Å²) in [6.45, 7) is 6.18. The van der Waals surface area contributed by atoms with Gasteiger partial charge in [-0.25, -0.2) is 9.18 Å². The molecular formula is C19H26ClFN4O2. The monoisotopic (exact) mass is 396 g/mol. The van der Waals surface area contributed by atoms with Crippen LogP contribution in [0.25, 0.3) is 0 Å². The van der Waals surface area contributed by atoms with E-state index in [0.717, 1.165) is 32.5 Å². The number of carbonyl (C=O) groups excluding carboxylic acids is 2. The molecule has 2 heterocycles. The zero-order valence-corrected chi connectivity index (χ0v) is 16.6. The van der Waals surface area contributed by atoms with Crippen LogP contribution in [0.1, 0.15) is 30.1 Å². The molecule has 0 spiro atoms. The van der Waals surface area contributed by atoms with Crippen LogP contribution in [0, 0.1) is 5.82 Å². The highest BCUT2D eigenvalue weighted by atomic mass is 35.5. The van der Waals surface area contributed by atoms with Crippen molar-refractivity contribution < 1.29 is 14.0 Å². The minimum Gasteiger partial charge on any atom is -0.341 e. The van der Waals surface area contributed by atoms with Gasteiger partial charge in [-0.15, -0.1) is 0 Å². The van der Waals surface area contributed by atoms with Gasteiger partial charge in [0.15, 0.2) is 0 Å². The molecule has 148 valence electrons. The van der Waals surface area contributed by atoms with Crippen LogP contribution in [0.2, 0.25) is 5.02 Å². The Hall–Kier alpha value is -1.86. The minimum atomic E-state index is -0.466. The molecular weight excluding hydrogens is 371 g/mol. The Morgan fingerprint density at radius 2 is 1.89 bits per heavy atom. The van der Waals surface area contributed by atoms with E-state index in [0.29, 0.717) is 19.6 Å². The van der Waals surface area contributed by atoms with Gasteiger partial charge in [-0.05, 0) is 31.0 Å². The van der Waals surface area contributed by atoms with E-state index >= 15 is 0 Å². The summed E-state index contributed by atoms with van der Waals surface area (Å²) in [6, 6.07) is 3.82. The van der Waals surface area contributed by atoms with E-state index < -0.39 is 5.82 Å². The largest absolute Gasteiger partial charge is 0.341 e. The lowest BCUT2D eigenvalue weighted by Gasteiger charge is -2.45. The molecule has 2 fully saturated rings. The summed E-state index contributed by atoms with van der Waals surface area (Å²) in [7, 11) is 1.65. The van der Waals surface area contributed by atoms with Crippen LogP contribution in [-0.4, -0.2) is 78.5 Å². The van der Waals surface area contributed by atoms with Gasteiger partial charge >= 0.3 is 6.03 Å². The fourth-order valence-electron chi connectivity index (χ4n) is 4.17. The number of rotatable bonds is 3. The molecule has 0 aromatic heterocycles. The first-order chi connectivity index (χ1) is 12.9. The Morgan fingerprint density at radius 1 is 1.19 bits per heavy atom. The summed E-state index contributed by atoms with van der Waals surface area (Å²) in [6.07, 6.45) is 1.88. The van der Waals surface area contributed by atoms with E-state index in [1.54, 1.807) is 11.9 Å². The van der Waals surface area contributed by atoms with Crippen molar-refractivity contribution in [2.75, 3.05) is 46.3 Å². The minimum absolute atomic E-state index is 0.0418. The number of nitrogens with one attached hydrogen (secondary N) is 1. The zero-order valence-electron chi connectivity index (χ0n) is 15.8. The quantitative estimate of drug-likeness (QED) is 0.853. The molecule has 1 aromatic carbocycles. The lowest BCUT2D eigenvalue weighted by molar-refractivity contribution is 0.0301. The predicted octanol–water partition coefficient (Wildman–Crippen LogP) is 2.43. The first-order valence-corrected chi connectivity index (χ1v) is 9.74. The van der Waals surface area contributed by atoms with Gasteiger partial charge in [0.25, 0.3) is 5.91 Å². The third-order valence-electron chi connectivity index (χ3n) is 5.89. The first-order valence-electron chi connectivity index (χ1n) is 9.36. The van der Waals surface area contributed by atoms with Crippen molar-refractivity contribution in [3.63, 3.8) is 0 Å². The SMILES string of the molecule is CCC1(N2CCN(C(=O)c3cc(F)ccc3Cl)CC2)CCN(C(=O)NC)C1. The van der Waals surface area contributed by atoms with Crippen LogP contribution >= 0.6 is 11.6 Å². The van der Waals surface area contributed by atoms with Crippen LogP contribution in [0.15, 0.2) is 18.2 Å². The molecule has 2 aliphatic heterocycles. The van der Waals surface area contributed by atoms with E-state index in [9.17, 15) is 14.0 Å². The number of hydrogen-bond donors (Lipinski definition) is 1. The van der Waals surface area contributed by atoms with Crippen molar-refractivity contribution in [2.24, 2.45) is 0 Å². The molecule has 2 saturated heterocycles. The van der Waals surface area contributed by atoms with Crippen molar-refractivity contribution in [1.29, 1.82) is 0 Å². The van der Waals surface area contributed by atoms with Gasteiger partial charge in [0, 0.05) is 51.9 Å². The van der Waals surface area contributed by atoms with Crippen LogP contribution in [0.3, 0.4) is 0 Å². The molecule has 6 nitrogen and oxygen atoms in total. The topological polar surface area (TPSA) is 55.9 Å². The molecule has 1 aromatic rings. The number of amides is 3. The average molecular weight is 397 g/mol. The zero-order chi connectivity index (χ0) is 19.6. The lowest BCUT2D eigenvalue weighted by Crippen LogP contribution is -2.59. The van der Waals surface area contributed by atoms with Gasteiger partial charge in [0.1, 0.15) is 5.82 Å². The fourth-order valence-corrected chi connectivity index (χ4v) is 4.37. The molecule has 3 amide bonds. The second kappa shape index (κ2) is 8.02. The molecule has 0 radical (unpaired) electrons. The van der Waals surface area contributed by atoms with Crippen molar-refractivity contribution in [1.82, 2.24) is 20.0 Å². The van der Waals surface area contributed by atoms with E-state index in [4.69, 9.17) is 11.6 Å². The van der Waals surface area contributed by atoms with Gasteiger partial charge < -0.3 is 15.1 Å². The first kappa shape index (κ1) is 19.9. The standard InChI is InChI=1S/C19H26ClFN4O2/c1-3-19(6-7-24(13-19)18(27)22-2)25-10-8-23(9-11-25)17(26)15-12-14(21)4-5-16(15)20/h4-5,12H,3,6-11,13H2,1-2H3,(H,22,27). The maximum absolute atomic E-state index is 13.5. The third-order valence-corrected chi connectivity index (χ3v) is 6.22. The molecule has 2 aliphatic rings. The number of benzene rings is 1. The van der Waals surface area contributed by atoms with Crippen LogP contribution < -0.4 is 5.32 Å². The molecule has 1 unspecified atom stereocenters. The summed E-state index contributed by atoms with van der Waals surface area (Å²) in [5.41, 5.74) is 0.167. The summed E-state index contributed by atoms with van der Waals surface area (Å²) >= 11 is 6.08. The van der Waals surface area contributed by atoms with Gasteiger partial charge in [-0.3, -0.25) is 9.69 Å². The Labute approximate surface area is 164 Å². The third kappa shape index (κ3) is 3.89. The Balaban J connectivity index is 1.65. The van der Waals surface area contributed by atoms with Crippen molar-refractivity contribution in [3.05, 3.63) is 34.6 Å². The number of hydrogen-bond acceptors (Lipinski definition) is 3. The molecule has 0 saturated carbocycles. The summed E-state index contributed by atoms with van der Waals surface area (Å²) in [5, 5.41) is 2.96. The van der Waals surface area contributed by atoms with Crippen LogP contribution in [0.5, 0.6) is 0 Å². The summed E-state index contributed by atoms with van der Waals surface area (Å²) in [4.78, 5) is 30.7. The average Bonchev–Trinajstić information content (AvgIpc) is 3.15. The molecule has 1 N–H and O–H groups in total. The van der Waals surface area contributed by atoms with Gasteiger partial charge in [-0.1, -0.05) is 18.5 Å². The Kier molecular flexibility index (Phi) is 5.91. The van der Waals surface area contributed by atoms with E-state index in [2.05, 4.69) is 17.1 Å². The van der Waals surface area contributed by atoms with Crippen molar-refractivity contribution >= 4 is 23.5 Å². The summed E-state index contributed by atoms with van der Waals surface area (Å²) < 4.78 is 13.5. The second-order valence-electron chi connectivity index (χ2n) is 7.21. The number of urea groups is 1. The number of likely N-dealkylation sites (tertiary alicyclic amines) is 1. The molecule has 3 rings (SSSR count). The molecule has 8 heteroatoms. The number of carbonyl (C=O) groups is 2. The highest BCUT2D eigenvalue weighted by Gasteiger charge is 2.44. The molecule has 1 atom stereocenters. The van der Waals surface area contributed by atoms with Crippen LogP contribution in [-0.2, 0) is 0 Å². The smallest absolute Gasteiger partial charge is 0.317 e. The maximum Gasteiger partial charge on any atom is 0.317 e. The van der Waals surface area contributed by atoms with E-state index in [1.165, 1.54) is 18.2 Å². The highest BCUT2D eigenvalue weighted by molar-refractivity contribution is 6.33. The molecule has 27 heavy (non-hydrogen) atoms.